The van der Waals surface area contributed by atoms with Gasteiger partial charge in [0.25, 0.3) is 0 Å². The van der Waals surface area contributed by atoms with E-state index in [1.807, 2.05) is 11.1 Å². The van der Waals surface area contributed by atoms with Crippen molar-refractivity contribution in [3.63, 3.8) is 0 Å². The van der Waals surface area contributed by atoms with E-state index in [0.717, 1.165) is 5.92 Å². The number of likely N-dealkylation sites (N-methyl/N-ethyl adjacent to an activating group) is 1. The lowest BCUT2D eigenvalue weighted by Gasteiger charge is -2.57. The lowest BCUT2D eigenvalue weighted by molar-refractivity contribution is -0.961. The molecule has 17 heavy (non-hydrogen) atoms. The zero-order chi connectivity index (χ0) is 12.1. The van der Waals surface area contributed by atoms with Crippen molar-refractivity contribution in [1.82, 2.24) is 0 Å². The molecule has 1 heteroatoms. The lowest BCUT2D eigenvalue weighted by Crippen LogP contribution is -2.67. The van der Waals surface area contributed by atoms with E-state index in [9.17, 15) is 0 Å². The Labute approximate surface area is 106 Å². The fraction of sp³-hybridized carbons (Fsp3) is 0.875. The van der Waals surface area contributed by atoms with Crippen LogP contribution in [0.2, 0.25) is 0 Å². The topological polar surface area (TPSA) is 0 Å². The first-order valence-electron chi connectivity index (χ1n) is 7.65. The first-order chi connectivity index (χ1) is 8.09. The number of fused-ring (bicyclic) bond motifs is 2. The van der Waals surface area contributed by atoms with Gasteiger partial charge in [-0.05, 0) is 44.6 Å². The lowest BCUT2D eigenvalue weighted by atomic mass is 9.72. The van der Waals surface area contributed by atoms with E-state index >= 15 is 0 Å². The fourth-order valence-corrected chi connectivity index (χ4v) is 4.88. The smallest absolute Gasteiger partial charge is 0.118 e. The number of nitrogens with zero attached hydrogens (tertiary/aromatic N) is 1. The molecule has 0 aromatic carbocycles. The van der Waals surface area contributed by atoms with Gasteiger partial charge in [0.15, 0.2) is 0 Å². The highest BCUT2D eigenvalue weighted by atomic mass is 15.4. The van der Waals surface area contributed by atoms with Crippen LogP contribution in [0, 0.1) is 5.92 Å². The number of hydrogen-bond donors (Lipinski definition) is 0. The largest absolute Gasteiger partial charge is 0.317 e. The molecule has 1 nitrogen and oxygen atoms in total. The summed E-state index contributed by atoms with van der Waals surface area (Å²) in [4.78, 5) is 0. The molecule has 0 aromatic heterocycles. The van der Waals surface area contributed by atoms with Gasteiger partial charge in [0.1, 0.15) is 5.54 Å². The van der Waals surface area contributed by atoms with Crippen LogP contribution in [0.15, 0.2) is 11.1 Å². The second-order valence-corrected chi connectivity index (χ2v) is 7.07. The standard InChI is InChI=1S/C16H28N/c1-4-13-8-10-16(2)15-7-5-6-14(15)9-11-17(16,3)12-13/h13H,4-12H2,1-3H3/q+1/t13-,16+,17+/m0/s1. The third-order valence-electron chi connectivity index (χ3n) is 6.36. The van der Waals surface area contributed by atoms with Crippen molar-refractivity contribution in [2.45, 2.75) is 64.3 Å². The molecule has 1 aliphatic carbocycles. The predicted molar refractivity (Wildman–Crippen MR) is 72.8 cm³/mol. The molecular formula is C16H28N+. The van der Waals surface area contributed by atoms with E-state index in [2.05, 4.69) is 20.9 Å². The summed E-state index contributed by atoms with van der Waals surface area (Å²) in [7, 11) is 2.55. The molecule has 0 unspecified atom stereocenters. The van der Waals surface area contributed by atoms with Crippen LogP contribution < -0.4 is 0 Å². The van der Waals surface area contributed by atoms with Gasteiger partial charge in [-0.15, -0.1) is 0 Å². The van der Waals surface area contributed by atoms with Crippen LogP contribution in [0.3, 0.4) is 0 Å². The van der Waals surface area contributed by atoms with Gasteiger partial charge in [0.2, 0.25) is 0 Å². The molecule has 1 fully saturated rings. The maximum absolute atomic E-state index is 2.58. The minimum Gasteiger partial charge on any atom is -0.317 e. The Morgan fingerprint density at radius 2 is 2.12 bits per heavy atom. The minimum atomic E-state index is 0.510. The molecule has 0 amide bonds. The fourth-order valence-electron chi connectivity index (χ4n) is 4.88. The number of hydrogen-bond acceptors (Lipinski definition) is 0. The summed E-state index contributed by atoms with van der Waals surface area (Å²) in [5, 5.41) is 0. The summed E-state index contributed by atoms with van der Waals surface area (Å²) >= 11 is 0. The molecular weight excluding hydrogens is 206 g/mol. The normalized spacial score (nSPS) is 45.7. The van der Waals surface area contributed by atoms with Crippen LogP contribution in [0.1, 0.15) is 58.8 Å². The van der Waals surface area contributed by atoms with E-state index in [-0.39, 0.29) is 0 Å². The summed E-state index contributed by atoms with van der Waals surface area (Å²) in [5.74, 6) is 0.983. The van der Waals surface area contributed by atoms with E-state index in [1.165, 1.54) is 62.5 Å². The molecule has 0 radical (unpaired) electrons. The summed E-state index contributed by atoms with van der Waals surface area (Å²) < 4.78 is 1.35. The maximum atomic E-state index is 2.58. The molecule has 1 saturated heterocycles. The molecule has 3 rings (SSSR count). The van der Waals surface area contributed by atoms with Gasteiger partial charge < -0.3 is 4.48 Å². The third-order valence-corrected chi connectivity index (χ3v) is 6.36. The second-order valence-electron chi connectivity index (χ2n) is 7.07. The first kappa shape index (κ1) is 11.8. The Kier molecular flexibility index (Phi) is 2.66. The Hall–Kier alpha value is -0.300. The highest BCUT2D eigenvalue weighted by molar-refractivity contribution is 5.30. The Morgan fingerprint density at radius 1 is 1.29 bits per heavy atom. The minimum absolute atomic E-state index is 0.510. The van der Waals surface area contributed by atoms with Crippen molar-refractivity contribution in [3.8, 4) is 0 Å². The molecule has 0 saturated carbocycles. The predicted octanol–water partition coefficient (Wildman–Crippen LogP) is 3.90. The quantitative estimate of drug-likeness (QED) is 0.477. The maximum Gasteiger partial charge on any atom is 0.118 e. The van der Waals surface area contributed by atoms with Crippen molar-refractivity contribution >= 4 is 0 Å². The van der Waals surface area contributed by atoms with E-state index in [1.54, 1.807) is 0 Å². The SMILES string of the molecule is CC[C@H]1CC[C@]2(C)C3=C(CCC3)CC[N@+]2(C)C1. The monoisotopic (exact) mass is 234 g/mol. The van der Waals surface area contributed by atoms with Crippen LogP contribution in [-0.2, 0) is 0 Å². The van der Waals surface area contributed by atoms with Gasteiger partial charge in [-0.3, -0.25) is 0 Å². The van der Waals surface area contributed by atoms with Crippen LogP contribution in [0.4, 0.5) is 0 Å². The molecule has 2 heterocycles. The van der Waals surface area contributed by atoms with Crippen LogP contribution in [-0.4, -0.2) is 30.2 Å². The van der Waals surface area contributed by atoms with Crippen molar-refractivity contribution in [2.24, 2.45) is 5.92 Å². The van der Waals surface area contributed by atoms with E-state index in [0.29, 0.717) is 5.54 Å². The van der Waals surface area contributed by atoms with Crippen molar-refractivity contribution in [1.29, 1.82) is 0 Å². The summed E-state index contributed by atoms with van der Waals surface area (Å²) in [5.41, 5.74) is 4.26. The molecule has 3 atom stereocenters. The van der Waals surface area contributed by atoms with Crippen LogP contribution in [0.25, 0.3) is 0 Å². The summed E-state index contributed by atoms with van der Waals surface area (Å²) in [6.45, 7) is 7.80. The van der Waals surface area contributed by atoms with Gasteiger partial charge in [-0.2, -0.15) is 0 Å². The van der Waals surface area contributed by atoms with E-state index < -0.39 is 0 Å². The molecule has 96 valence electrons. The van der Waals surface area contributed by atoms with Crippen molar-refractivity contribution in [3.05, 3.63) is 11.1 Å². The number of quaternary nitrogens is 1. The average molecular weight is 234 g/mol. The molecule has 2 aliphatic heterocycles. The number of piperidine rings is 1. The summed E-state index contributed by atoms with van der Waals surface area (Å²) in [6.07, 6.45) is 9.97. The van der Waals surface area contributed by atoms with Gasteiger partial charge in [-0.1, -0.05) is 12.5 Å². The molecule has 0 spiro atoms. The number of rotatable bonds is 1. The highest BCUT2D eigenvalue weighted by Gasteiger charge is 2.54. The molecule has 3 aliphatic rings. The Morgan fingerprint density at radius 3 is 2.88 bits per heavy atom. The van der Waals surface area contributed by atoms with Gasteiger partial charge in [0.05, 0.1) is 20.1 Å². The average Bonchev–Trinajstić information content (AvgIpc) is 2.79. The van der Waals surface area contributed by atoms with Crippen molar-refractivity contribution < 1.29 is 4.48 Å². The first-order valence-corrected chi connectivity index (χ1v) is 7.65. The Bertz CT molecular complexity index is 357. The third kappa shape index (κ3) is 1.54. The second kappa shape index (κ2) is 3.85. The highest BCUT2D eigenvalue weighted by Crippen LogP contribution is 2.51. The van der Waals surface area contributed by atoms with Crippen LogP contribution in [0.5, 0.6) is 0 Å². The molecule has 0 bridgehead atoms. The van der Waals surface area contributed by atoms with Crippen LogP contribution >= 0.6 is 0 Å². The van der Waals surface area contributed by atoms with Gasteiger partial charge in [0, 0.05) is 18.8 Å². The summed E-state index contributed by atoms with van der Waals surface area (Å²) in [6, 6.07) is 0. The molecule has 0 N–H and O–H groups in total. The van der Waals surface area contributed by atoms with Gasteiger partial charge in [-0.25, -0.2) is 0 Å². The van der Waals surface area contributed by atoms with Gasteiger partial charge >= 0.3 is 0 Å². The van der Waals surface area contributed by atoms with Crippen molar-refractivity contribution in [2.75, 3.05) is 20.1 Å². The van der Waals surface area contributed by atoms with E-state index in [4.69, 9.17) is 0 Å². The zero-order valence-corrected chi connectivity index (χ0v) is 11.9. The molecule has 0 aromatic rings. The Balaban J connectivity index is 1.96. The zero-order valence-electron chi connectivity index (χ0n) is 11.9.